The second kappa shape index (κ2) is 5.96. The van der Waals surface area contributed by atoms with Crippen molar-refractivity contribution in [1.82, 2.24) is 4.98 Å². The van der Waals surface area contributed by atoms with Crippen molar-refractivity contribution in [3.63, 3.8) is 0 Å². The lowest BCUT2D eigenvalue weighted by atomic mass is 9.92. The molecule has 1 aromatic rings. The lowest BCUT2D eigenvalue weighted by Gasteiger charge is -2.23. The van der Waals surface area contributed by atoms with E-state index in [0.29, 0.717) is 17.7 Å². The summed E-state index contributed by atoms with van der Waals surface area (Å²) in [5.41, 5.74) is 4.53. The number of rotatable bonds is 6. The summed E-state index contributed by atoms with van der Waals surface area (Å²) in [5, 5.41) is 0. The van der Waals surface area contributed by atoms with E-state index >= 15 is 0 Å². The Kier molecular flexibility index (Phi) is 4.87. The zero-order valence-electron chi connectivity index (χ0n) is 10.7. The van der Waals surface area contributed by atoms with E-state index in [-0.39, 0.29) is 12.6 Å². The quantitative estimate of drug-likeness (QED) is 0.831. The molecule has 3 nitrogen and oxygen atoms in total. The third kappa shape index (κ3) is 3.66. The van der Waals surface area contributed by atoms with Gasteiger partial charge in [-0.15, -0.1) is 0 Å². The zero-order chi connectivity index (χ0) is 12.9. The van der Waals surface area contributed by atoms with Crippen LogP contribution in [0.4, 0.5) is 4.39 Å². The van der Waals surface area contributed by atoms with Gasteiger partial charge in [0.2, 0.25) is 0 Å². The molecule has 0 aromatic carbocycles. The van der Waals surface area contributed by atoms with Gasteiger partial charge in [-0.25, -0.2) is 4.39 Å². The first-order valence-electron chi connectivity index (χ1n) is 6.03. The average molecular weight is 240 g/mol. The average Bonchev–Trinajstić information content (AvgIpc) is 2.28. The molecule has 0 bridgehead atoms. The Morgan fingerprint density at radius 1 is 1.47 bits per heavy atom. The number of hydrogen-bond donors (Lipinski definition) is 1. The second-order valence-electron chi connectivity index (χ2n) is 4.50. The Labute approximate surface area is 102 Å². The lowest BCUT2D eigenvalue weighted by molar-refractivity contribution is 0.157. The van der Waals surface area contributed by atoms with Crippen LogP contribution in [-0.2, 0) is 5.67 Å². The first kappa shape index (κ1) is 13.9. The summed E-state index contributed by atoms with van der Waals surface area (Å²) in [4.78, 5) is 4.01. The molecule has 1 heterocycles. The van der Waals surface area contributed by atoms with E-state index in [0.717, 1.165) is 6.42 Å². The van der Waals surface area contributed by atoms with E-state index in [1.165, 1.54) is 6.20 Å². The first-order valence-corrected chi connectivity index (χ1v) is 6.03. The van der Waals surface area contributed by atoms with Gasteiger partial charge in [0.25, 0.3) is 0 Å². The third-order valence-electron chi connectivity index (χ3n) is 2.57. The Morgan fingerprint density at radius 3 is 2.71 bits per heavy atom. The molecule has 0 aliphatic rings. The van der Waals surface area contributed by atoms with Crippen LogP contribution in [0, 0.1) is 0 Å². The van der Waals surface area contributed by atoms with Crippen LogP contribution in [0.15, 0.2) is 18.5 Å². The Balaban J connectivity index is 2.96. The van der Waals surface area contributed by atoms with Crippen molar-refractivity contribution < 1.29 is 9.13 Å². The van der Waals surface area contributed by atoms with Crippen molar-refractivity contribution in [2.45, 2.75) is 45.4 Å². The maximum absolute atomic E-state index is 14.6. The van der Waals surface area contributed by atoms with Gasteiger partial charge >= 0.3 is 0 Å². The van der Waals surface area contributed by atoms with Crippen LogP contribution in [-0.4, -0.2) is 17.6 Å². The molecule has 0 saturated carbocycles. The molecule has 1 unspecified atom stereocenters. The molecule has 1 rings (SSSR count). The van der Waals surface area contributed by atoms with E-state index in [4.69, 9.17) is 10.5 Å². The van der Waals surface area contributed by atoms with Crippen LogP contribution >= 0.6 is 0 Å². The maximum Gasteiger partial charge on any atom is 0.149 e. The van der Waals surface area contributed by atoms with Crippen molar-refractivity contribution in [3.8, 4) is 5.75 Å². The van der Waals surface area contributed by atoms with Crippen LogP contribution in [0.3, 0.4) is 0 Å². The number of pyridine rings is 1. The number of ether oxygens (including phenoxy) is 1. The monoisotopic (exact) mass is 240 g/mol. The molecule has 0 radical (unpaired) electrons. The van der Waals surface area contributed by atoms with Crippen LogP contribution in [0.2, 0.25) is 0 Å². The highest BCUT2D eigenvalue weighted by Crippen LogP contribution is 2.31. The normalized spacial score (nSPS) is 14.7. The number of alkyl halides is 1. The molecule has 0 aliphatic carbocycles. The molecular weight excluding hydrogens is 219 g/mol. The van der Waals surface area contributed by atoms with E-state index in [2.05, 4.69) is 4.98 Å². The van der Waals surface area contributed by atoms with Gasteiger partial charge in [0, 0.05) is 18.3 Å². The lowest BCUT2D eigenvalue weighted by Crippen LogP contribution is -2.30. The minimum atomic E-state index is -1.50. The number of nitrogens with zero attached hydrogens (tertiary/aromatic N) is 1. The summed E-state index contributed by atoms with van der Waals surface area (Å²) in [7, 11) is 0. The number of aromatic nitrogens is 1. The molecule has 1 aromatic heterocycles. The van der Waals surface area contributed by atoms with E-state index < -0.39 is 5.67 Å². The third-order valence-corrected chi connectivity index (χ3v) is 2.57. The highest BCUT2D eigenvalue weighted by atomic mass is 19.1. The van der Waals surface area contributed by atoms with Gasteiger partial charge in [-0.3, -0.25) is 4.98 Å². The van der Waals surface area contributed by atoms with Crippen LogP contribution in [0.5, 0.6) is 5.75 Å². The van der Waals surface area contributed by atoms with Gasteiger partial charge in [-0.05, 0) is 26.3 Å². The Morgan fingerprint density at radius 2 is 2.18 bits per heavy atom. The van der Waals surface area contributed by atoms with Crippen molar-refractivity contribution in [2.24, 2.45) is 5.73 Å². The standard InChI is InChI=1S/C13H21FN2O/c1-4-5-13(14,9-15)11-6-12(8-16-7-11)17-10(2)3/h6-8,10H,4-5,9,15H2,1-3H3. The molecule has 0 amide bonds. The highest BCUT2D eigenvalue weighted by Gasteiger charge is 2.30. The van der Waals surface area contributed by atoms with Crippen LogP contribution in [0.1, 0.15) is 39.2 Å². The van der Waals surface area contributed by atoms with Crippen LogP contribution < -0.4 is 10.5 Å². The fraction of sp³-hybridized carbons (Fsp3) is 0.615. The minimum Gasteiger partial charge on any atom is -0.489 e. The molecule has 0 fully saturated rings. The Bertz CT molecular complexity index is 357. The zero-order valence-corrected chi connectivity index (χ0v) is 10.7. The summed E-state index contributed by atoms with van der Waals surface area (Å²) in [5.74, 6) is 0.587. The van der Waals surface area contributed by atoms with Crippen molar-refractivity contribution in [1.29, 1.82) is 0 Å². The molecule has 17 heavy (non-hydrogen) atoms. The fourth-order valence-corrected chi connectivity index (χ4v) is 1.76. The first-order chi connectivity index (χ1) is 8.01. The van der Waals surface area contributed by atoms with Crippen LogP contribution in [0.25, 0.3) is 0 Å². The summed E-state index contributed by atoms with van der Waals surface area (Å²) in [6.07, 6.45) is 4.30. The van der Waals surface area contributed by atoms with Crippen molar-refractivity contribution >= 4 is 0 Å². The number of halogens is 1. The van der Waals surface area contributed by atoms with Gasteiger partial charge in [0.1, 0.15) is 11.4 Å². The minimum absolute atomic E-state index is 0.0341. The molecule has 4 heteroatoms. The molecule has 96 valence electrons. The SMILES string of the molecule is CCCC(F)(CN)c1cncc(OC(C)C)c1. The highest BCUT2D eigenvalue weighted by molar-refractivity contribution is 5.28. The summed E-state index contributed by atoms with van der Waals surface area (Å²) in [6.45, 7) is 5.74. The topological polar surface area (TPSA) is 48.1 Å². The Hall–Kier alpha value is -1.16. The molecule has 0 spiro atoms. The van der Waals surface area contributed by atoms with Crippen molar-refractivity contribution in [3.05, 3.63) is 24.0 Å². The summed E-state index contributed by atoms with van der Waals surface area (Å²) < 4.78 is 20.1. The van der Waals surface area contributed by atoms with Gasteiger partial charge in [0.15, 0.2) is 0 Å². The largest absolute Gasteiger partial charge is 0.489 e. The number of nitrogens with two attached hydrogens (primary N) is 1. The summed E-state index contributed by atoms with van der Waals surface area (Å²) in [6, 6.07) is 1.69. The fourth-order valence-electron chi connectivity index (χ4n) is 1.76. The molecule has 1 atom stereocenters. The second-order valence-corrected chi connectivity index (χ2v) is 4.50. The van der Waals surface area contributed by atoms with Gasteiger partial charge in [-0.1, -0.05) is 13.3 Å². The molecular formula is C13H21FN2O. The smallest absolute Gasteiger partial charge is 0.149 e. The predicted octanol–water partition coefficient (Wildman–Crippen LogP) is 2.79. The molecule has 0 saturated heterocycles. The van der Waals surface area contributed by atoms with E-state index in [1.54, 1.807) is 12.3 Å². The van der Waals surface area contributed by atoms with E-state index in [1.807, 2.05) is 20.8 Å². The van der Waals surface area contributed by atoms with Gasteiger partial charge in [0.05, 0.1) is 12.3 Å². The number of hydrogen-bond acceptors (Lipinski definition) is 3. The maximum atomic E-state index is 14.6. The van der Waals surface area contributed by atoms with Gasteiger partial charge in [-0.2, -0.15) is 0 Å². The van der Waals surface area contributed by atoms with Crippen molar-refractivity contribution in [2.75, 3.05) is 6.54 Å². The molecule has 2 N–H and O–H groups in total. The predicted molar refractivity (Wildman–Crippen MR) is 66.7 cm³/mol. The summed E-state index contributed by atoms with van der Waals surface area (Å²) >= 11 is 0. The molecule has 0 aliphatic heterocycles. The van der Waals surface area contributed by atoms with E-state index in [9.17, 15) is 4.39 Å². The van der Waals surface area contributed by atoms with Gasteiger partial charge < -0.3 is 10.5 Å².